The first-order chi connectivity index (χ1) is 8.24. The van der Waals surface area contributed by atoms with Crippen LogP contribution in [0.5, 0.6) is 0 Å². The first-order valence-corrected chi connectivity index (χ1v) is 6.08. The summed E-state index contributed by atoms with van der Waals surface area (Å²) in [5.74, 6) is 0.513. The molecule has 0 amide bonds. The summed E-state index contributed by atoms with van der Waals surface area (Å²) in [6.45, 7) is 2.40. The van der Waals surface area contributed by atoms with Gasteiger partial charge in [0.1, 0.15) is 0 Å². The Hall–Kier alpha value is -1.65. The molecule has 0 saturated heterocycles. The van der Waals surface area contributed by atoms with E-state index in [1.807, 2.05) is 6.92 Å². The fraction of sp³-hybridized carbons (Fsp3) is 0.583. The van der Waals surface area contributed by atoms with E-state index >= 15 is 0 Å². The van der Waals surface area contributed by atoms with Crippen LogP contribution in [-0.2, 0) is 6.54 Å². The number of aryl methyl sites for hydroxylation is 1. The van der Waals surface area contributed by atoms with Crippen molar-refractivity contribution in [1.29, 1.82) is 0 Å². The van der Waals surface area contributed by atoms with Crippen molar-refractivity contribution in [3.05, 3.63) is 23.8 Å². The topological polar surface area (TPSA) is 76.2 Å². The molecule has 17 heavy (non-hydrogen) atoms. The van der Waals surface area contributed by atoms with Crippen LogP contribution in [0.25, 0.3) is 0 Å². The summed E-state index contributed by atoms with van der Waals surface area (Å²) in [7, 11) is 0. The third-order valence-electron chi connectivity index (χ3n) is 2.95. The Kier molecular flexibility index (Phi) is 3.90. The fourth-order valence-electron chi connectivity index (χ4n) is 1.99. The van der Waals surface area contributed by atoms with Gasteiger partial charge in [-0.15, -0.1) is 0 Å². The van der Waals surface area contributed by atoms with Gasteiger partial charge in [-0.1, -0.05) is 12.8 Å². The van der Waals surface area contributed by atoms with Crippen molar-refractivity contribution in [2.75, 3.05) is 0 Å². The molecule has 92 valence electrons. The smallest absolute Gasteiger partial charge is 0.189 e. The first-order valence-electron chi connectivity index (χ1n) is 6.08. The zero-order valence-electron chi connectivity index (χ0n) is 10.2. The molecule has 1 aromatic rings. The monoisotopic (exact) mass is 233 g/mol. The lowest BCUT2D eigenvalue weighted by molar-refractivity contribution is 0.625. The molecule has 1 aliphatic carbocycles. The van der Waals surface area contributed by atoms with Crippen molar-refractivity contribution < 1.29 is 0 Å². The van der Waals surface area contributed by atoms with Crippen molar-refractivity contribution in [3.8, 4) is 0 Å². The number of nitrogens with one attached hydrogen (secondary N) is 1. The third-order valence-corrected chi connectivity index (χ3v) is 2.95. The van der Waals surface area contributed by atoms with Crippen molar-refractivity contribution in [1.82, 2.24) is 15.3 Å². The van der Waals surface area contributed by atoms with E-state index in [1.54, 1.807) is 12.4 Å². The van der Waals surface area contributed by atoms with Crippen LogP contribution in [0.4, 0.5) is 0 Å². The predicted octanol–water partition coefficient (Wildman–Crippen LogP) is 1.13. The predicted molar refractivity (Wildman–Crippen MR) is 67.5 cm³/mol. The lowest BCUT2D eigenvalue weighted by Crippen LogP contribution is -2.38. The Morgan fingerprint density at radius 1 is 1.41 bits per heavy atom. The molecule has 2 rings (SSSR count). The minimum atomic E-state index is 0.485. The summed E-state index contributed by atoms with van der Waals surface area (Å²) >= 11 is 0. The van der Waals surface area contributed by atoms with Crippen LogP contribution < -0.4 is 11.1 Å². The van der Waals surface area contributed by atoms with E-state index in [0.717, 1.165) is 11.4 Å². The van der Waals surface area contributed by atoms with Gasteiger partial charge in [-0.2, -0.15) is 0 Å². The SMILES string of the molecule is Cc1cnc(CN=C(N)NC2CCCC2)cn1. The molecule has 5 nitrogen and oxygen atoms in total. The largest absolute Gasteiger partial charge is 0.370 e. The second-order valence-electron chi connectivity index (χ2n) is 4.48. The van der Waals surface area contributed by atoms with E-state index in [1.165, 1.54) is 25.7 Å². The molecule has 3 N–H and O–H groups in total. The second kappa shape index (κ2) is 5.61. The van der Waals surface area contributed by atoms with Gasteiger partial charge in [0.2, 0.25) is 0 Å². The number of guanidine groups is 1. The second-order valence-corrected chi connectivity index (χ2v) is 4.48. The molecule has 1 heterocycles. The molecule has 1 aliphatic rings. The average Bonchev–Trinajstić information content (AvgIpc) is 2.81. The molecule has 0 bridgehead atoms. The normalized spacial score (nSPS) is 17.4. The Labute approximate surface area is 102 Å². The highest BCUT2D eigenvalue weighted by molar-refractivity contribution is 5.78. The van der Waals surface area contributed by atoms with E-state index in [-0.39, 0.29) is 0 Å². The van der Waals surface area contributed by atoms with E-state index in [0.29, 0.717) is 18.5 Å². The Balaban J connectivity index is 1.84. The van der Waals surface area contributed by atoms with Gasteiger partial charge in [-0.25, -0.2) is 4.99 Å². The maximum Gasteiger partial charge on any atom is 0.189 e. The molecular weight excluding hydrogens is 214 g/mol. The quantitative estimate of drug-likeness (QED) is 0.606. The van der Waals surface area contributed by atoms with Crippen LogP contribution in [0.2, 0.25) is 0 Å². The van der Waals surface area contributed by atoms with Gasteiger partial charge in [0, 0.05) is 12.2 Å². The molecule has 0 aromatic carbocycles. The van der Waals surface area contributed by atoms with E-state index in [2.05, 4.69) is 20.3 Å². The molecule has 1 aromatic heterocycles. The minimum absolute atomic E-state index is 0.485. The molecule has 0 atom stereocenters. The summed E-state index contributed by atoms with van der Waals surface area (Å²) in [6, 6.07) is 0.503. The number of hydrogen-bond acceptors (Lipinski definition) is 3. The van der Waals surface area contributed by atoms with E-state index in [4.69, 9.17) is 5.73 Å². The van der Waals surface area contributed by atoms with Crippen LogP contribution in [0.1, 0.15) is 37.1 Å². The molecule has 0 spiro atoms. The number of nitrogens with two attached hydrogens (primary N) is 1. The van der Waals surface area contributed by atoms with Gasteiger partial charge < -0.3 is 11.1 Å². The Morgan fingerprint density at radius 2 is 2.18 bits per heavy atom. The van der Waals surface area contributed by atoms with Crippen molar-refractivity contribution in [3.63, 3.8) is 0 Å². The Morgan fingerprint density at radius 3 is 2.82 bits per heavy atom. The lowest BCUT2D eigenvalue weighted by atomic mass is 10.2. The maximum atomic E-state index is 5.82. The summed E-state index contributed by atoms with van der Waals surface area (Å²) in [5.41, 5.74) is 7.57. The zero-order valence-corrected chi connectivity index (χ0v) is 10.2. The van der Waals surface area contributed by atoms with Gasteiger partial charge >= 0.3 is 0 Å². The highest BCUT2D eigenvalue weighted by atomic mass is 15.1. The van der Waals surface area contributed by atoms with E-state index < -0.39 is 0 Å². The van der Waals surface area contributed by atoms with Gasteiger partial charge in [0.15, 0.2) is 5.96 Å². The van der Waals surface area contributed by atoms with E-state index in [9.17, 15) is 0 Å². The Bertz CT molecular complexity index is 378. The molecule has 1 saturated carbocycles. The molecule has 0 radical (unpaired) electrons. The third kappa shape index (κ3) is 3.69. The summed E-state index contributed by atoms with van der Waals surface area (Å²) in [6.07, 6.45) is 8.44. The van der Waals surface area contributed by atoms with Gasteiger partial charge in [0.25, 0.3) is 0 Å². The number of hydrogen-bond donors (Lipinski definition) is 2. The molecule has 1 fully saturated rings. The van der Waals surface area contributed by atoms with Crippen LogP contribution in [0.3, 0.4) is 0 Å². The number of nitrogens with zero attached hydrogens (tertiary/aromatic N) is 3. The summed E-state index contributed by atoms with van der Waals surface area (Å²) < 4.78 is 0. The van der Waals surface area contributed by atoms with Crippen LogP contribution in [0.15, 0.2) is 17.4 Å². The zero-order chi connectivity index (χ0) is 12.1. The number of aliphatic imine (C=N–C) groups is 1. The molecule has 5 heteroatoms. The lowest BCUT2D eigenvalue weighted by Gasteiger charge is -2.11. The van der Waals surface area contributed by atoms with Crippen molar-refractivity contribution >= 4 is 5.96 Å². The maximum absolute atomic E-state index is 5.82. The average molecular weight is 233 g/mol. The number of aromatic nitrogens is 2. The van der Waals surface area contributed by atoms with Crippen LogP contribution in [0, 0.1) is 6.92 Å². The van der Waals surface area contributed by atoms with Gasteiger partial charge in [-0.3, -0.25) is 9.97 Å². The highest BCUT2D eigenvalue weighted by Gasteiger charge is 2.14. The van der Waals surface area contributed by atoms with Gasteiger partial charge in [-0.05, 0) is 19.8 Å². The molecule has 0 unspecified atom stereocenters. The minimum Gasteiger partial charge on any atom is -0.370 e. The fourth-order valence-corrected chi connectivity index (χ4v) is 1.99. The summed E-state index contributed by atoms with van der Waals surface area (Å²) in [5, 5.41) is 3.24. The highest BCUT2D eigenvalue weighted by Crippen LogP contribution is 2.17. The van der Waals surface area contributed by atoms with Crippen LogP contribution in [-0.4, -0.2) is 22.0 Å². The summed E-state index contributed by atoms with van der Waals surface area (Å²) in [4.78, 5) is 12.7. The standard InChI is InChI=1S/C12H19N5/c1-9-6-15-11(7-14-9)8-16-12(13)17-10-4-2-3-5-10/h6-7,10H,2-5,8H2,1H3,(H3,13,16,17). The first kappa shape index (κ1) is 11.8. The molecular formula is C12H19N5. The van der Waals surface area contributed by atoms with Gasteiger partial charge in [0.05, 0.1) is 24.1 Å². The van der Waals surface area contributed by atoms with Crippen molar-refractivity contribution in [2.45, 2.75) is 45.2 Å². The molecule has 0 aliphatic heterocycles. The van der Waals surface area contributed by atoms with Crippen LogP contribution >= 0.6 is 0 Å². The van der Waals surface area contributed by atoms with Crippen molar-refractivity contribution in [2.24, 2.45) is 10.7 Å². The number of rotatable bonds is 3.